The summed E-state index contributed by atoms with van der Waals surface area (Å²) >= 11 is 3.58. The zero-order valence-corrected chi connectivity index (χ0v) is 25.6. The first-order valence-corrected chi connectivity index (χ1v) is 14.0. The van der Waals surface area contributed by atoms with Crippen molar-refractivity contribution in [2.75, 3.05) is 28.4 Å². The molecule has 214 valence electrons. The average molecular weight is 615 g/mol. The maximum Gasteiger partial charge on any atom is 0.337 e. The number of benzene rings is 2. The van der Waals surface area contributed by atoms with Crippen molar-refractivity contribution in [1.29, 1.82) is 0 Å². The Morgan fingerprint density at radius 1 is 0.975 bits per heavy atom. The van der Waals surface area contributed by atoms with E-state index in [-0.39, 0.29) is 24.2 Å². The van der Waals surface area contributed by atoms with Crippen LogP contribution in [-0.4, -0.2) is 46.3 Å². The van der Waals surface area contributed by atoms with E-state index in [0.29, 0.717) is 57.2 Å². The third-order valence-electron chi connectivity index (χ3n) is 7.60. The fourth-order valence-corrected chi connectivity index (χ4v) is 6.04. The summed E-state index contributed by atoms with van der Waals surface area (Å²) in [5.41, 5.74) is 4.14. The predicted octanol–water partition coefficient (Wildman–Crippen LogP) is 6.19. The molecular formula is C31H36BrNO7. The Kier molecular flexibility index (Phi) is 9.13. The van der Waals surface area contributed by atoms with Crippen LogP contribution in [0.1, 0.15) is 63.0 Å². The summed E-state index contributed by atoms with van der Waals surface area (Å²) in [7, 11) is 6.30. The van der Waals surface area contributed by atoms with Gasteiger partial charge in [0, 0.05) is 29.3 Å². The highest BCUT2D eigenvalue weighted by atomic mass is 79.9. The van der Waals surface area contributed by atoms with Gasteiger partial charge in [-0.2, -0.15) is 0 Å². The lowest BCUT2D eigenvalue weighted by atomic mass is 9.71. The molecule has 9 heteroatoms. The Bertz CT molecular complexity index is 1380. The van der Waals surface area contributed by atoms with Gasteiger partial charge in [-0.25, -0.2) is 4.79 Å². The summed E-state index contributed by atoms with van der Waals surface area (Å²) in [4.78, 5) is 27.6. The number of carbonyl (C=O) groups excluding carboxylic acids is 2. The first-order valence-electron chi connectivity index (χ1n) is 13.3. The molecule has 0 saturated carbocycles. The van der Waals surface area contributed by atoms with Crippen molar-refractivity contribution in [3.8, 4) is 23.0 Å². The molecule has 0 aromatic heterocycles. The standard InChI is InChI=1S/C31H36BrNO7/c1-8-16(2)40-31(35)27-17(3)33-22-12-19(18-9-10-24(36-4)25(14-18)37-5)13-23(34)29(22)28(27)20-11-21(32)30(39-7)26(15-20)38-6/h9-11,14-16,19,28,33H,8,12-13H2,1-7H3/t16-,19-,28-/m0/s1. The minimum atomic E-state index is -0.636. The predicted molar refractivity (Wildman–Crippen MR) is 155 cm³/mol. The summed E-state index contributed by atoms with van der Waals surface area (Å²) in [6, 6.07) is 9.44. The van der Waals surface area contributed by atoms with E-state index in [9.17, 15) is 9.59 Å². The van der Waals surface area contributed by atoms with E-state index in [0.717, 1.165) is 16.8 Å². The number of allylic oxidation sites excluding steroid dienone is 3. The average Bonchev–Trinajstić information content (AvgIpc) is 2.95. The van der Waals surface area contributed by atoms with Gasteiger partial charge in [-0.3, -0.25) is 4.79 Å². The summed E-state index contributed by atoms with van der Waals surface area (Å²) in [6.45, 7) is 5.67. The van der Waals surface area contributed by atoms with Gasteiger partial charge >= 0.3 is 5.97 Å². The van der Waals surface area contributed by atoms with E-state index in [1.54, 1.807) is 28.4 Å². The van der Waals surface area contributed by atoms with Crippen LogP contribution in [0.4, 0.5) is 0 Å². The van der Waals surface area contributed by atoms with Gasteiger partial charge in [0.2, 0.25) is 0 Å². The summed E-state index contributed by atoms with van der Waals surface area (Å²) in [5, 5.41) is 3.40. The third kappa shape index (κ3) is 5.57. The number of ketones is 1. The quantitative estimate of drug-likeness (QED) is 0.335. The first kappa shape index (κ1) is 29.5. The molecule has 3 atom stereocenters. The maximum absolute atomic E-state index is 14.0. The zero-order chi connectivity index (χ0) is 29.1. The molecule has 1 aliphatic heterocycles. The minimum Gasteiger partial charge on any atom is -0.493 e. The molecule has 0 fully saturated rings. The molecule has 2 aromatic rings. The number of halogens is 1. The lowest BCUT2D eigenvalue weighted by Gasteiger charge is -2.37. The largest absolute Gasteiger partial charge is 0.493 e. The third-order valence-corrected chi connectivity index (χ3v) is 8.19. The monoisotopic (exact) mass is 613 g/mol. The molecule has 1 N–H and O–H groups in total. The molecule has 2 aromatic carbocycles. The second kappa shape index (κ2) is 12.4. The number of methoxy groups -OCH3 is 4. The van der Waals surface area contributed by atoms with Gasteiger partial charge < -0.3 is 29.0 Å². The molecule has 0 bridgehead atoms. The van der Waals surface area contributed by atoms with Crippen LogP contribution in [-0.2, 0) is 14.3 Å². The smallest absolute Gasteiger partial charge is 0.337 e. The molecule has 4 rings (SSSR count). The normalized spacial score (nSPS) is 19.4. The van der Waals surface area contributed by atoms with Crippen LogP contribution >= 0.6 is 15.9 Å². The van der Waals surface area contributed by atoms with Crippen molar-refractivity contribution in [2.45, 2.75) is 58.0 Å². The van der Waals surface area contributed by atoms with Gasteiger partial charge in [0.25, 0.3) is 0 Å². The van der Waals surface area contributed by atoms with Crippen LogP contribution in [0.15, 0.2) is 57.3 Å². The fraction of sp³-hybridized carbons (Fsp3) is 0.419. The van der Waals surface area contributed by atoms with E-state index in [4.69, 9.17) is 23.7 Å². The van der Waals surface area contributed by atoms with E-state index in [1.165, 1.54) is 0 Å². The van der Waals surface area contributed by atoms with Crippen LogP contribution in [0.25, 0.3) is 0 Å². The fourth-order valence-electron chi connectivity index (χ4n) is 5.42. The number of rotatable bonds is 9. The lowest BCUT2D eigenvalue weighted by Crippen LogP contribution is -2.36. The summed E-state index contributed by atoms with van der Waals surface area (Å²) in [5.74, 6) is 1.08. The number of Topliss-reactive ketones (excluding diaryl/α,β-unsaturated/α-hetero) is 1. The Balaban J connectivity index is 1.84. The topological polar surface area (TPSA) is 92.3 Å². The van der Waals surface area contributed by atoms with Gasteiger partial charge in [0.1, 0.15) is 0 Å². The van der Waals surface area contributed by atoms with E-state index < -0.39 is 11.9 Å². The number of hydrogen-bond acceptors (Lipinski definition) is 8. The van der Waals surface area contributed by atoms with Crippen LogP contribution in [0.5, 0.6) is 23.0 Å². The molecule has 40 heavy (non-hydrogen) atoms. The Hall–Kier alpha value is -3.46. The lowest BCUT2D eigenvalue weighted by molar-refractivity contribution is -0.144. The molecule has 0 saturated heterocycles. The van der Waals surface area contributed by atoms with Crippen molar-refractivity contribution in [3.63, 3.8) is 0 Å². The number of esters is 1. The number of nitrogens with one attached hydrogen (secondary N) is 1. The van der Waals surface area contributed by atoms with Crippen molar-refractivity contribution < 1.29 is 33.3 Å². The molecule has 8 nitrogen and oxygen atoms in total. The van der Waals surface area contributed by atoms with Gasteiger partial charge in [-0.1, -0.05) is 13.0 Å². The second-order valence-corrected chi connectivity index (χ2v) is 10.8. The summed E-state index contributed by atoms with van der Waals surface area (Å²) < 4.78 is 28.4. The number of carbonyl (C=O) groups is 2. The van der Waals surface area contributed by atoms with Crippen molar-refractivity contribution in [3.05, 3.63) is 68.5 Å². The highest BCUT2D eigenvalue weighted by molar-refractivity contribution is 9.10. The van der Waals surface area contributed by atoms with Crippen LogP contribution in [0.2, 0.25) is 0 Å². The van der Waals surface area contributed by atoms with Crippen LogP contribution < -0.4 is 24.3 Å². The molecule has 0 radical (unpaired) electrons. The Morgan fingerprint density at radius 3 is 2.27 bits per heavy atom. The first-order chi connectivity index (χ1) is 19.2. The molecule has 1 aliphatic carbocycles. The molecular weight excluding hydrogens is 578 g/mol. The number of hydrogen-bond donors (Lipinski definition) is 1. The van der Waals surface area contributed by atoms with Crippen molar-refractivity contribution in [2.24, 2.45) is 0 Å². The highest BCUT2D eigenvalue weighted by Crippen LogP contribution is 2.49. The molecule has 0 amide bonds. The molecule has 0 unspecified atom stereocenters. The summed E-state index contributed by atoms with van der Waals surface area (Å²) in [6.07, 6.45) is 1.29. The Labute approximate surface area is 243 Å². The molecule has 2 aliphatic rings. The highest BCUT2D eigenvalue weighted by Gasteiger charge is 2.42. The van der Waals surface area contributed by atoms with Crippen molar-refractivity contribution in [1.82, 2.24) is 5.32 Å². The Morgan fingerprint density at radius 2 is 1.65 bits per heavy atom. The zero-order valence-electron chi connectivity index (χ0n) is 24.0. The van der Waals surface area contributed by atoms with Gasteiger partial charge in [-0.15, -0.1) is 0 Å². The van der Waals surface area contributed by atoms with Gasteiger partial charge in [0.15, 0.2) is 28.8 Å². The molecule has 0 spiro atoms. The van der Waals surface area contributed by atoms with Gasteiger partial charge in [-0.05, 0) is 83.9 Å². The van der Waals surface area contributed by atoms with Crippen LogP contribution in [0, 0.1) is 0 Å². The minimum absolute atomic E-state index is 0.0363. The van der Waals surface area contributed by atoms with E-state index in [1.807, 2.05) is 51.1 Å². The van der Waals surface area contributed by atoms with Gasteiger partial charge in [0.05, 0.1) is 44.6 Å². The molecule has 1 heterocycles. The number of dihydropyridines is 1. The van der Waals surface area contributed by atoms with E-state index >= 15 is 0 Å². The SMILES string of the molecule is CC[C@H](C)OC(=O)C1=C(C)NC2=C(C(=O)C[C@@H](c3ccc(OC)c(OC)c3)C2)[C@H]1c1cc(Br)c(OC)c(OC)c1. The van der Waals surface area contributed by atoms with Crippen LogP contribution in [0.3, 0.4) is 0 Å². The van der Waals surface area contributed by atoms with Crippen molar-refractivity contribution >= 4 is 27.7 Å². The van der Waals surface area contributed by atoms with E-state index in [2.05, 4.69) is 21.2 Å². The number of ether oxygens (including phenoxy) is 5. The second-order valence-electron chi connectivity index (χ2n) is 9.99. The maximum atomic E-state index is 14.0.